The van der Waals surface area contributed by atoms with E-state index in [-0.39, 0.29) is 17.0 Å². The van der Waals surface area contributed by atoms with Crippen LogP contribution in [-0.2, 0) is 26.1 Å². The smallest absolute Gasteiger partial charge is 0.310 e. The number of esters is 1. The van der Waals surface area contributed by atoms with Crippen molar-refractivity contribution in [3.63, 3.8) is 0 Å². The van der Waals surface area contributed by atoms with Crippen molar-refractivity contribution in [1.82, 2.24) is 9.21 Å². The molecule has 3 heterocycles. The predicted octanol–water partition coefficient (Wildman–Crippen LogP) is 1.84. The van der Waals surface area contributed by atoms with Gasteiger partial charge in [0.1, 0.15) is 5.76 Å². The van der Waals surface area contributed by atoms with Gasteiger partial charge in [0.2, 0.25) is 5.09 Å². The number of piperidine rings is 1. The van der Waals surface area contributed by atoms with E-state index < -0.39 is 10.0 Å². The average molecular weight is 370 g/mol. The molecule has 0 unspecified atom stereocenters. The fourth-order valence-electron chi connectivity index (χ4n) is 3.51. The van der Waals surface area contributed by atoms with Gasteiger partial charge in [0.15, 0.2) is 0 Å². The molecule has 0 bridgehead atoms. The van der Waals surface area contributed by atoms with Crippen LogP contribution in [0.15, 0.2) is 21.6 Å². The van der Waals surface area contributed by atoms with Crippen LogP contribution in [0.3, 0.4) is 0 Å². The average Bonchev–Trinajstić information content (AvgIpc) is 3.27. The van der Waals surface area contributed by atoms with Crippen molar-refractivity contribution in [3.8, 4) is 0 Å². The summed E-state index contributed by atoms with van der Waals surface area (Å²) in [7, 11) is -3.52. The van der Waals surface area contributed by atoms with E-state index in [1.807, 2.05) is 6.92 Å². The lowest BCUT2D eigenvalue weighted by molar-refractivity contribution is -0.150. The van der Waals surface area contributed by atoms with Crippen LogP contribution in [0.25, 0.3) is 0 Å². The molecule has 1 aromatic heterocycles. The molecule has 1 aromatic rings. The van der Waals surface area contributed by atoms with Gasteiger partial charge < -0.3 is 9.15 Å². The van der Waals surface area contributed by atoms with Crippen LogP contribution in [0, 0.1) is 5.92 Å². The first-order chi connectivity index (χ1) is 12.0. The van der Waals surface area contributed by atoms with Crippen LogP contribution in [0.5, 0.6) is 0 Å². The molecule has 140 valence electrons. The van der Waals surface area contributed by atoms with E-state index in [0.717, 1.165) is 32.2 Å². The van der Waals surface area contributed by atoms with Gasteiger partial charge in [-0.2, -0.15) is 4.31 Å². The minimum Gasteiger partial charge on any atom is -0.466 e. The van der Waals surface area contributed by atoms with Gasteiger partial charge in [0.05, 0.1) is 19.1 Å². The lowest BCUT2D eigenvalue weighted by Crippen LogP contribution is -2.38. The van der Waals surface area contributed by atoms with Gasteiger partial charge in [-0.15, -0.1) is 0 Å². The number of carbonyl (C=O) groups is 1. The van der Waals surface area contributed by atoms with Crippen LogP contribution in [0.1, 0.15) is 38.4 Å². The van der Waals surface area contributed by atoms with Gasteiger partial charge in [-0.1, -0.05) is 0 Å². The maximum atomic E-state index is 12.5. The normalized spacial score (nSPS) is 23.0. The van der Waals surface area contributed by atoms with E-state index in [9.17, 15) is 13.2 Å². The Balaban J connectivity index is 1.62. The number of sulfonamides is 1. The monoisotopic (exact) mass is 370 g/mol. The summed E-state index contributed by atoms with van der Waals surface area (Å²) in [5, 5.41) is 0.0170. The Kier molecular flexibility index (Phi) is 5.81. The molecule has 25 heavy (non-hydrogen) atoms. The quantitative estimate of drug-likeness (QED) is 0.711. The maximum Gasteiger partial charge on any atom is 0.310 e. The fourth-order valence-corrected chi connectivity index (χ4v) is 4.96. The van der Waals surface area contributed by atoms with E-state index >= 15 is 0 Å². The molecular formula is C17H26N2O5S. The molecule has 0 N–H and O–H groups in total. The number of ether oxygens (including phenoxy) is 1. The number of nitrogens with zero attached hydrogens (tertiary/aromatic N) is 2. The van der Waals surface area contributed by atoms with E-state index in [0.29, 0.717) is 38.5 Å². The molecule has 2 fully saturated rings. The Hall–Kier alpha value is -1.38. The first-order valence-corrected chi connectivity index (χ1v) is 10.4. The highest BCUT2D eigenvalue weighted by molar-refractivity contribution is 7.89. The molecule has 0 aromatic carbocycles. The molecule has 0 saturated carbocycles. The van der Waals surface area contributed by atoms with Crippen LogP contribution in [0.4, 0.5) is 0 Å². The molecular weight excluding hydrogens is 344 g/mol. The molecule has 0 spiro atoms. The molecule has 2 aliphatic rings. The molecule has 0 radical (unpaired) electrons. The third-order valence-corrected chi connectivity index (χ3v) is 6.57. The van der Waals surface area contributed by atoms with Gasteiger partial charge in [0.25, 0.3) is 10.0 Å². The van der Waals surface area contributed by atoms with Gasteiger partial charge >= 0.3 is 5.97 Å². The van der Waals surface area contributed by atoms with Gasteiger partial charge in [-0.05, 0) is 51.3 Å². The molecule has 1 atom stereocenters. The lowest BCUT2D eigenvalue weighted by Gasteiger charge is -2.30. The summed E-state index contributed by atoms with van der Waals surface area (Å²) in [5.74, 6) is 0.350. The molecule has 8 heteroatoms. The summed E-state index contributed by atoms with van der Waals surface area (Å²) in [6, 6.07) is 3.26. The third-order valence-electron chi connectivity index (χ3n) is 4.80. The predicted molar refractivity (Wildman–Crippen MR) is 91.3 cm³/mol. The SMILES string of the molecule is CCOC(=O)[C@@H]1CCCN(Cc2ccc(S(=O)(=O)N3CCCC3)o2)C1. The van der Waals surface area contributed by atoms with Crippen molar-refractivity contribution in [2.75, 3.05) is 32.8 Å². The summed E-state index contributed by atoms with van der Waals surface area (Å²) in [4.78, 5) is 14.0. The Labute approximate surface area is 149 Å². The molecule has 0 aliphatic carbocycles. The zero-order valence-electron chi connectivity index (χ0n) is 14.6. The van der Waals surface area contributed by atoms with Crippen molar-refractivity contribution >= 4 is 16.0 Å². The number of hydrogen-bond donors (Lipinski definition) is 0. The molecule has 0 amide bonds. The number of rotatable bonds is 6. The number of furan rings is 1. The van der Waals surface area contributed by atoms with Gasteiger partial charge in [-0.3, -0.25) is 9.69 Å². The van der Waals surface area contributed by atoms with Crippen LogP contribution in [-0.4, -0.2) is 56.4 Å². The summed E-state index contributed by atoms with van der Waals surface area (Å²) in [6.45, 7) is 5.32. The summed E-state index contributed by atoms with van der Waals surface area (Å²) in [5.41, 5.74) is 0. The number of likely N-dealkylation sites (tertiary alicyclic amines) is 1. The molecule has 2 aliphatic heterocycles. The third kappa shape index (κ3) is 4.24. The summed E-state index contributed by atoms with van der Waals surface area (Å²) in [6.07, 6.45) is 3.55. The van der Waals surface area contributed by atoms with Crippen molar-refractivity contribution in [2.45, 2.75) is 44.2 Å². The largest absolute Gasteiger partial charge is 0.466 e. The summed E-state index contributed by atoms with van der Waals surface area (Å²) >= 11 is 0. The first-order valence-electron chi connectivity index (χ1n) is 8.98. The highest BCUT2D eigenvalue weighted by Crippen LogP contribution is 2.25. The zero-order valence-corrected chi connectivity index (χ0v) is 15.5. The van der Waals surface area contributed by atoms with Crippen molar-refractivity contribution in [3.05, 3.63) is 17.9 Å². The van der Waals surface area contributed by atoms with E-state index in [2.05, 4.69) is 4.90 Å². The first kappa shape index (κ1) is 18.4. The van der Waals surface area contributed by atoms with E-state index in [4.69, 9.17) is 9.15 Å². The van der Waals surface area contributed by atoms with Crippen molar-refractivity contribution in [2.24, 2.45) is 5.92 Å². The Morgan fingerprint density at radius 3 is 2.72 bits per heavy atom. The maximum absolute atomic E-state index is 12.5. The second kappa shape index (κ2) is 7.88. The lowest BCUT2D eigenvalue weighted by atomic mass is 9.98. The highest BCUT2D eigenvalue weighted by Gasteiger charge is 2.31. The molecule has 7 nitrogen and oxygen atoms in total. The number of hydrogen-bond acceptors (Lipinski definition) is 6. The minimum atomic E-state index is -3.52. The van der Waals surface area contributed by atoms with Crippen LogP contribution < -0.4 is 0 Å². The minimum absolute atomic E-state index is 0.0170. The Morgan fingerprint density at radius 2 is 2.00 bits per heavy atom. The van der Waals surface area contributed by atoms with Crippen LogP contribution >= 0.6 is 0 Å². The Morgan fingerprint density at radius 1 is 1.24 bits per heavy atom. The van der Waals surface area contributed by atoms with Crippen molar-refractivity contribution < 1.29 is 22.4 Å². The highest BCUT2D eigenvalue weighted by atomic mass is 32.2. The van der Waals surface area contributed by atoms with E-state index in [1.54, 1.807) is 6.07 Å². The molecule has 2 saturated heterocycles. The standard InChI is InChI=1S/C17H26N2O5S/c1-2-23-17(20)14-6-5-9-18(12-14)13-15-7-8-16(24-15)25(21,22)19-10-3-4-11-19/h7-8,14H,2-6,9-13H2,1H3/t14-/m1/s1. The number of carbonyl (C=O) groups excluding carboxylic acids is 1. The second-order valence-corrected chi connectivity index (χ2v) is 8.53. The zero-order chi connectivity index (χ0) is 17.9. The topological polar surface area (TPSA) is 80.1 Å². The van der Waals surface area contributed by atoms with Gasteiger partial charge in [-0.25, -0.2) is 8.42 Å². The van der Waals surface area contributed by atoms with Crippen LogP contribution in [0.2, 0.25) is 0 Å². The van der Waals surface area contributed by atoms with Crippen molar-refractivity contribution in [1.29, 1.82) is 0 Å². The second-order valence-electron chi connectivity index (χ2n) is 6.66. The van der Waals surface area contributed by atoms with Gasteiger partial charge in [0, 0.05) is 19.6 Å². The Bertz CT molecular complexity index is 694. The summed E-state index contributed by atoms with van der Waals surface area (Å²) < 4.78 is 37.2. The fraction of sp³-hybridized carbons (Fsp3) is 0.706. The molecule has 3 rings (SSSR count). The van der Waals surface area contributed by atoms with E-state index in [1.165, 1.54) is 10.4 Å².